The molecule has 1 aromatic heterocycles. The van der Waals surface area contributed by atoms with E-state index in [0.717, 1.165) is 0 Å². The summed E-state index contributed by atoms with van der Waals surface area (Å²) in [6, 6.07) is 1.59. The maximum atomic E-state index is 11.3. The van der Waals surface area contributed by atoms with Crippen LogP contribution in [0.1, 0.15) is 5.56 Å². The summed E-state index contributed by atoms with van der Waals surface area (Å²) in [5.74, 6) is -0.0288. The molecule has 0 bridgehead atoms. The van der Waals surface area contributed by atoms with Crippen LogP contribution in [-0.2, 0) is 13.6 Å². The highest BCUT2D eigenvalue weighted by atomic mass is 35.5. The Kier molecular flexibility index (Phi) is 4.65. The first-order valence-electron chi connectivity index (χ1n) is 3.68. The molecule has 4 N–H and O–H groups in total. The third-order valence-electron chi connectivity index (χ3n) is 1.52. The van der Waals surface area contributed by atoms with Crippen molar-refractivity contribution in [2.75, 3.05) is 0 Å². The highest BCUT2D eigenvalue weighted by Gasteiger charge is 1.99. The van der Waals surface area contributed by atoms with E-state index < -0.39 is 0 Å². The Balaban J connectivity index is 0.00000169. The Hall–Kier alpha value is -1.56. The summed E-state index contributed by atoms with van der Waals surface area (Å²) >= 11 is 0. The van der Waals surface area contributed by atoms with E-state index in [1.54, 1.807) is 13.1 Å². The minimum atomic E-state index is -0.187. The van der Waals surface area contributed by atoms with Crippen LogP contribution in [0, 0.1) is 0 Å². The van der Waals surface area contributed by atoms with E-state index >= 15 is 0 Å². The van der Waals surface area contributed by atoms with Gasteiger partial charge in [-0.15, -0.1) is 12.4 Å². The van der Waals surface area contributed by atoms with Gasteiger partial charge in [0.2, 0.25) is 0 Å². The van der Waals surface area contributed by atoms with Gasteiger partial charge in [-0.05, 0) is 6.07 Å². The fraction of sp³-hybridized carbons (Fsp3) is 0.286. The second-order valence-electron chi connectivity index (χ2n) is 2.53. The van der Waals surface area contributed by atoms with Crippen molar-refractivity contribution in [1.29, 1.82) is 0 Å². The third kappa shape index (κ3) is 3.06. The first-order valence-corrected chi connectivity index (χ1v) is 3.68. The Morgan fingerprint density at radius 2 is 2.29 bits per heavy atom. The molecule has 0 fully saturated rings. The smallest absolute Gasteiger partial charge is 0.271 e. The first-order chi connectivity index (χ1) is 6.11. The fourth-order valence-electron chi connectivity index (χ4n) is 0.852. The van der Waals surface area contributed by atoms with E-state index in [-0.39, 0.29) is 30.5 Å². The fourth-order valence-corrected chi connectivity index (χ4v) is 0.852. The van der Waals surface area contributed by atoms with E-state index in [2.05, 4.69) is 10.1 Å². The van der Waals surface area contributed by atoms with Crippen LogP contribution in [0.5, 0.6) is 0 Å². The average molecular weight is 218 g/mol. The quantitative estimate of drug-likeness (QED) is 0.489. The molecule has 7 heteroatoms. The summed E-state index contributed by atoms with van der Waals surface area (Å²) in [7, 11) is 1.57. The molecule has 0 aromatic carbocycles. The van der Waals surface area contributed by atoms with E-state index in [9.17, 15) is 4.79 Å². The SMILES string of the molecule is Cl.Cn1nccc(CN=C(N)N)c1=O. The lowest BCUT2D eigenvalue weighted by Gasteiger charge is -1.98. The van der Waals surface area contributed by atoms with Crippen molar-refractivity contribution in [3.8, 4) is 0 Å². The van der Waals surface area contributed by atoms with Crippen LogP contribution >= 0.6 is 12.4 Å². The number of guanidine groups is 1. The number of hydrogen-bond acceptors (Lipinski definition) is 3. The summed E-state index contributed by atoms with van der Waals surface area (Å²) < 4.78 is 1.23. The molecule has 0 aliphatic rings. The van der Waals surface area contributed by atoms with Crippen LogP contribution in [0.25, 0.3) is 0 Å². The lowest BCUT2D eigenvalue weighted by atomic mass is 10.3. The van der Waals surface area contributed by atoms with Gasteiger partial charge in [0.15, 0.2) is 5.96 Å². The Bertz CT molecular complexity index is 382. The molecule has 0 aliphatic heterocycles. The van der Waals surface area contributed by atoms with Gasteiger partial charge < -0.3 is 11.5 Å². The van der Waals surface area contributed by atoms with Crippen molar-refractivity contribution < 1.29 is 0 Å². The zero-order chi connectivity index (χ0) is 9.84. The highest BCUT2D eigenvalue weighted by Crippen LogP contribution is 1.90. The number of nitrogens with two attached hydrogens (primary N) is 2. The van der Waals surface area contributed by atoms with Gasteiger partial charge in [0, 0.05) is 18.8 Å². The molecule has 1 rings (SSSR count). The molecule has 0 aliphatic carbocycles. The molecule has 0 radical (unpaired) electrons. The average Bonchev–Trinajstić information content (AvgIpc) is 2.07. The van der Waals surface area contributed by atoms with Crippen molar-refractivity contribution in [2.45, 2.75) is 6.54 Å². The normalized spacial score (nSPS) is 8.93. The van der Waals surface area contributed by atoms with Gasteiger partial charge in [-0.25, -0.2) is 9.67 Å². The molecule has 0 atom stereocenters. The Labute approximate surface area is 87.0 Å². The number of hydrogen-bond donors (Lipinski definition) is 2. The molecule has 0 unspecified atom stereocenters. The van der Waals surface area contributed by atoms with Gasteiger partial charge in [0.05, 0.1) is 6.54 Å². The molecule has 14 heavy (non-hydrogen) atoms. The lowest BCUT2D eigenvalue weighted by molar-refractivity contribution is 0.693. The molecule has 0 saturated carbocycles. The topological polar surface area (TPSA) is 99.3 Å². The summed E-state index contributed by atoms with van der Waals surface area (Å²) in [6.45, 7) is 0.192. The standard InChI is InChI=1S/C7H11N5O.ClH/c1-12-6(13)5(2-3-11-12)4-10-7(8)9;/h2-3H,4H2,1H3,(H4,8,9,10);1H. The molecule has 0 amide bonds. The van der Waals surface area contributed by atoms with Gasteiger partial charge in [0.1, 0.15) is 0 Å². The molecular formula is C7H12ClN5O. The molecule has 1 aromatic rings. The van der Waals surface area contributed by atoms with Crippen LogP contribution in [0.15, 0.2) is 22.1 Å². The van der Waals surface area contributed by atoms with Gasteiger partial charge in [-0.1, -0.05) is 0 Å². The van der Waals surface area contributed by atoms with Crippen molar-refractivity contribution in [3.05, 3.63) is 28.2 Å². The summed E-state index contributed by atoms with van der Waals surface area (Å²) in [5, 5.41) is 3.76. The second-order valence-corrected chi connectivity index (χ2v) is 2.53. The zero-order valence-corrected chi connectivity index (χ0v) is 8.49. The molecule has 1 heterocycles. The third-order valence-corrected chi connectivity index (χ3v) is 1.52. The number of nitrogens with zero attached hydrogens (tertiary/aromatic N) is 3. The monoisotopic (exact) mass is 217 g/mol. The zero-order valence-electron chi connectivity index (χ0n) is 7.67. The number of rotatable bonds is 2. The maximum absolute atomic E-state index is 11.3. The van der Waals surface area contributed by atoms with Crippen LogP contribution in [-0.4, -0.2) is 15.7 Å². The van der Waals surface area contributed by atoms with E-state index in [4.69, 9.17) is 11.5 Å². The number of halogens is 1. The van der Waals surface area contributed by atoms with Crippen LogP contribution in [0.3, 0.4) is 0 Å². The first kappa shape index (κ1) is 12.4. The largest absolute Gasteiger partial charge is 0.370 e. The minimum Gasteiger partial charge on any atom is -0.370 e. The van der Waals surface area contributed by atoms with Crippen molar-refractivity contribution in [1.82, 2.24) is 9.78 Å². The molecule has 0 saturated heterocycles. The van der Waals surface area contributed by atoms with Gasteiger partial charge in [-0.3, -0.25) is 4.79 Å². The van der Waals surface area contributed by atoms with Gasteiger partial charge >= 0.3 is 0 Å². The molecule has 6 nitrogen and oxygen atoms in total. The summed E-state index contributed by atoms with van der Waals surface area (Å²) in [6.07, 6.45) is 1.53. The van der Waals surface area contributed by atoms with Gasteiger partial charge in [0.25, 0.3) is 5.56 Å². The summed E-state index contributed by atoms with van der Waals surface area (Å²) in [5.41, 5.74) is 10.6. The lowest BCUT2D eigenvalue weighted by Crippen LogP contribution is -2.25. The highest BCUT2D eigenvalue weighted by molar-refractivity contribution is 5.85. The minimum absolute atomic E-state index is 0. The molecular weight excluding hydrogens is 206 g/mol. The van der Waals surface area contributed by atoms with Crippen molar-refractivity contribution in [3.63, 3.8) is 0 Å². The Morgan fingerprint density at radius 3 is 2.86 bits per heavy atom. The molecule has 0 spiro atoms. The van der Waals surface area contributed by atoms with Crippen LogP contribution < -0.4 is 17.0 Å². The van der Waals surface area contributed by atoms with Crippen molar-refractivity contribution in [2.24, 2.45) is 23.5 Å². The predicted octanol–water partition coefficient (Wildman–Crippen LogP) is -1.02. The summed E-state index contributed by atoms with van der Waals surface area (Å²) in [4.78, 5) is 15.1. The number of aliphatic imine (C=N–C) groups is 1. The van der Waals surface area contributed by atoms with Crippen LogP contribution in [0.4, 0.5) is 0 Å². The number of aryl methyl sites for hydroxylation is 1. The van der Waals surface area contributed by atoms with E-state index in [1.807, 2.05) is 0 Å². The second kappa shape index (κ2) is 5.23. The Morgan fingerprint density at radius 1 is 1.64 bits per heavy atom. The maximum Gasteiger partial charge on any atom is 0.271 e. The predicted molar refractivity (Wildman–Crippen MR) is 56.2 cm³/mol. The van der Waals surface area contributed by atoms with E-state index in [0.29, 0.717) is 5.56 Å². The van der Waals surface area contributed by atoms with E-state index in [1.165, 1.54) is 10.9 Å². The number of aromatic nitrogens is 2. The van der Waals surface area contributed by atoms with Crippen molar-refractivity contribution >= 4 is 18.4 Å². The molecule has 78 valence electrons. The van der Waals surface area contributed by atoms with Crippen LogP contribution in [0.2, 0.25) is 0 Å². The van der Waals surface area contributed by atoms with Gasteiger partial charge in [-0.2, -0.15) is 5.10 Å².